The molecule has 3 rings (SSSR count). The van der Waals surface area contributed by atoms with Crippen LogP contribution in [0.4, 0.5) is 10.8 Å². The Balaban J connectivity index is 1.68. The van der Waals surface area contributed by atoms with Gasteiger partial charge in [0, 0.05) is 12.1 Å². The Bertz CT molecular complexity index is 732. The van der Waals surface area contributed by atoms with E-state index in [1.54, 1.807) is 11.8 Å². The number of aromatic nitrogens is 2. The predicted octanol–water partition coefficient (Wildman–Crippen LogP) is 2.57. The molecule has 6 nitrogen and oxygen atoms in total. The number of aryl methyl sites for hydroxylation is 1. The van der Waals surface area contributed by atoms with Crippen LogP contribution >= 0.6 is 23.1 Å². The number of carbonyl (C=O) groups excluding carboxylic acids is 2. The molecule has 2 aromatic rings. The van der Waals surface area contributed by atoms with Crippen molar-refractivity contribution < 1.29 is 9.59 Å². The standard InChI is InChI=1S/C15H16N4O2S2/c1-2-22-15-18-17-14(23-15)16-12(20)9-19-11-6-4-3-5-10(11)7-8-13(19)21/h3-6H,2,7-9H2,1H3,(H,16,17,20). The Hall–Kier alpha value is -1.93. The van der Waals surface area contributed by atoms with Crippen molar-refractivity contribution >= 4 is 45.7 Å². The monoisotopic (exact) mass is 348 g/mol. The smallest absolute Gasteiger partial charge is 0.246 e. The number of hydrogen-bond acceptors (Lipinski definition) is 6. The summed E-state index contributed by atoms with van der Waals surface area (Å²) in [6, 6.07) is 7.69. The molecule has 1 N–H and O–H groups in total. The number of carbonyl (C=O) groups is 2. The van der Waals surface area contributed by atoms with Crippen molar-refractivity contribution in [2.75, 3.05) is 22.5 Å². The Kier molecular flexibility index (Phi) is 4.92. The van der Waals surface area contributed by atoms with Gasteiger partial charge in [-0.15, -0.1) is 10.2 Å². The predicted molar refractivity (Wildman–Crippen MR) is 92.1 cm³/mol. The Morgan fingerprint density at radius 2 is 2.17 bits per heavy atom. The summed E-state index contributed by atoms with van der Waals surface area (Å²) in [5.41, 5.74) is 1.91. The lowest BCUT2D eigenvalue weighted by Crippen LogP contribution is -2.40. The minimum atomic E-state index is -0.265. The maximum Gasteiger partial charge on any atom is 0.246 e. The Labute approximate surface area is 142 Å². The van der Waals surface area contributed by atoms with Gasteiger partial charge in [0.25, 0.3) is 0 Å². The van der Waals surface area contributed by atoms with Crippen molar-refractivity contribution in [3.05, 3.63) is 29.8 Å². The van der Waals surface area contributed by atoms with Gasteiger partial charge >= 0.3 is 0 Å². The number of fused-ring (bicyclic) bond motifs is 1. The first kappa shape index (κ1) is 15.9. The number of thioether (sulfide) groups is 1. The van der Waals surface area contributed by atoms with Gasteiger partial charge in [0.05, 0.1) is 0 Å². The third-order valence-electron chi connectivity index (χ3n) is 3.41. The third kappa shape index (κ3) is 3.70. The highest BCUT2D eigenvalue weighted by molar-refractivity contribution is 8.01. The zero-order valence-electron chi connectivity index (χ0n) is 12.6. The van der Waals surface area contributed by atoms with Crippen molar-refractivity contribution in [2.24, 2.45) is 0 Å². The number of anilines is 2. The summed E-state index contributed by atoms with van der Waals surface area (Å²) < 4.78 is 0.821. The molecule has 120 valence electrons. The molecule has 1 aliphatic heterocycles. The second kappa shape index (κ2) is 7.10. The van der Waals surface area contributed by atoms with Gasteiger partial charge in [0.2, 0.25) is 16.9 Å². The van der Waals surface area contributed by atoms with Gasteiger partial charge in [-0.1, -0.05) is 48.2 Å². The molecule has 1 aromatic heterocycles. The molecular weight excluding hydrogens is 332 g/mol. The van der Waals surface area contributed by atoms with Crippen molar-refractivity contribution in [2.45, 2.75) is 24.1 Å². The molecule has 0 atom stereocenters. The van der Waals surface area contributed by atoms with Gasteiger partial charge in [-0.25, -0.2) is 0 Å². The SMILES string of the molecule is CCSc1nnc(NC(=O)CN2C(=O)CCc3ccccc32)s1. The van der Waals surface area contributed by atoms with Crippen molar-refractivity contribution in [3.63, 3.8) is 0 Å². The van der Waals surface area contributed by atoms with Crippen LogP contribution in [-0.2, 0) is 16.0 Å². The van der Waals surface area contributed by atoms with Gasteiger partial charge in [-0.3, -0.25) is 14.9 Å². The van der Waals surface area contributed by atoms with Gasteiger partial charge in [0.15, 0.2) is 4.34 Å². The molecule has 0 aliphatic carbocycles. The first-order chi connectivity index (χ1) is 11.2. The molecule has 8 heteroatoms. The van der Waals surface area contributed by atoms with Crippen LogP contribution in [0.3, 0.4) is 0 Å². The molecule has 2 amide bonds. The largest absolute Gasteiger partial charge is 0.303 e. The summed E-state index contributed by atoms with van der Waals surface area (Å²) in [7, 11) is 0. The number of nitrogens with zero attached hydrogens (tertiary/aromatic N) is 3. The van der Waals surface area contributed by atoms with Crippen molar-refractivity contribution in [3.8, 4) is 0 Å². The molecule has 1 aromatic carbocycles. The summed E-state index contributed by atoms with van der Waals surface area (Å²) in [4.78, 5) is 25.9. The van der Waals surface area contributed by atoms with Crippen LogP contribution in [-0.4, -0.2) is 34.3 Å². The molecule has 0 bridgehead atoms. The average Bonchev–Trinajstić information content (AvgIpc) is 2.97. The fourth-order valence-electron chi connectivity index (χ4n) is 2.41. The number of rotatable bonds is 5. The molecule has 2 heterocycles. The van der Waals surface area contributed by atoms with Gasteiger partial charge in [-0.2, -0.15) is 0 Å². The Morgan fingerprint density at radius 1 is 1.35 bits per heavy atom. The summed E-state index contributed by atoms with van der Waals surface area (Å²) in [5.74, 6) is 0.611. The van der Waals surface area contributed by atoms with Crippen LogP contribution in [0.5, 0.6) is 0 Å². The zero-order chi connectivity index (χ0) is 16.2. The van der Waals surface area contributed by atoms with Crippen LogP contribution in [0.2, 0.25) is 0 Å². The van der Waals surface area contributed by atoms with E-state index in [0.29, 0.717) is 11.6 Å². The first-order valence-corrected chi connectivity index (χ1v) is 9.12. The van der Waals surface area contributed by atoms with Crippen molar-refractivity contribution in [1.82, 2.24) is 10.2 Å². The number of para-hydroxylation sites is 1. The van der Waals surface area contributed by atoms with E-state index in [1.165, 1.54) is 16.2 Å². The highest BCUT2D eigenvalue weighted by Crippen LogP contribution is 2.28. The fourth-order valence-corrected chi connectivity index (χ4v) is 4.08. The maximum absolute atomic E-state index is 12.2. The normalized spacial score (nSPS) is 13.8. The third-order valence-corrected chi connectivity index (χ3v) is 5.27. The van der Waals surface area contributed by atoms with E-state index in [0.717, 1.165) is 27.8 Å². The van der Waals surface area contributed by atoms with E-state index < -0.39 is 0 Å². The molecule has 0 radical (unpaired) electrons. The second-order valence-corrected chi connectivity index (χ2v) is 7.45. The summed E-state index contributed by atoms with van der Waals surface area (Å²) in [6.07, 6.45) is 1.15. The molecule has 0 saturated heterocycles. The van der Waals surface area contributed by atoms with E-state index in [9.17, 15) is 9.59 Å². The molecule has 0 spiro atoms. The van der Waals surface area contributed by atoms with Gasteiger partial charge in [0.1, 0.15) is 6.54 Å². The minimum Gasteiger partial charge on any atom is -0.303 e. The van der Waals surface area contributed by atoms with Gasteiger partial charge < -0.3 is 4.90 Å². The molecule has 1 aliphatic rings. The van der Waals surface area contributed by atoms with Gasteiger partial charge in [-0.05, 0) is 23.8 Å². The van der Waals surface area contributed by atoms with Crippen LogP contribution in [0.1, 0.15) is 18.9 Å². The van der Waals surface area contributed by atoms with E-state index in [1.807, 2.05) is 31.2 Å². The highest BCUT2D eigenvalue weighted by atomic mass is 32.2. The fraction of sp³-hybridized carbons (Fsp3) is 0.333. The molecule has 0 unspecified atom stereocenters. The van der Waals surface area contributed by atoms with E-state index in [-0.39, 0.29) is 18.4 Å². The molecule has 0 saturated carbocycles. The van der Waals surface area contributed by atoms with Crippen LogP contribution in [0, 0.1) is 0 Å². The summed E-state index contributed by atoms with van der Waals surface area (Å²) in [5, 5.41) is 11.1. The highest BCUT2D eigenvalue weighted by Gasteiger charge is 2.25. The van der Waals surface area contributed by atoms with E-state index >= 15 is 0 Å². The van der Waals surface area contributed by atoms with E-state index in [4.69, 9.17) is 0 Å². The average molecular weight is 348 g/mol. The lowest BCUT2D eigenvalue weighted by atomic mass is 10.0. The van der Waals surface area contributed by atoms with Crippen molar-refractivity contribution in [1.29, 1.82) is 0 Å². The molecule has 23 heavy (non-hydrogen) atoms. The number of amides is 2. The quantitative estimate of drug-likeness (QED) is 0.664. The summed E-state index contributed by atoms with van der Waals surface area (Å²) >= 11 is 2.92. The maximum atomic E-state index is 12.2. The lowest BCUT2D eigenvalue weighted by Gasteiger charge is -2.28. The topological polar surface area (TPSA) is 75.2 Å². The zero-order valence-corrected chi connectivity index (χ0v) is 14.2. The molecular formula is C15H16N4O2S2. The number of hydrogen-bond donors (Lipinski definition) is 1. The Morgan fingerprint density at radius 3 is 3.00 bits per heavy atom. The van der Waals surface area contributed by atoms with Crippen LogP contribution in [0.15, 0.2) is 28.6 Å². The van der Waals surface area contributed by atoms with E-state index in [2.05, 4.69) is 15.5 Å². The van der Waals surface area contributed by atoms with Crippen LogP contribution < -0.4 is 10.2 Å². The minimum absolute atomic E-state index is 0.00825. The number of benzene rings is 1. The second-order valence-electron chi connectivity index (χ2n) is 4.96. The first-order valence-electron chi connectivity index (χ1n) is 7.32. The van der Waals surface area contributed by atoms with Crippen LogP contribution in [0.25, 0.3) is 0 Å². The summed E-state index contributed by atoms with van der Waals surface area (Å²) in [6.45, 7) is 2.02. The lowest BCUT2D eigenvalue weighted by molar-refractivity contribution is -0.121. The number of nitrogens with one attached hydrogen (secondary N) is 1. The molecule has 0 fully saturated rings.